The van der Waals surface area contributed by atoms with Gasteiger partial charge in [0.15, 0.2) is 0 Å². The summed E-state index contributed by atoms with van der Waals surface area (Å²) >= 11 is 1.80. The smallest absolute Gasteiger partial charge is 0.107 e. The third kappa shape index (κ3) is 2.92. The van der Waals surface area contributed by atoms with E-state index in [2.05, 4.69) is 34.4 Å². The van der Waals surface area contributed by atoms with Crippen LogP contribution in [0.4, 0.5) is 0 Å². The fourth-order valence-electron chi connectivity index (χ4n) is 2.84. The van der Waals surface area contributed by atoms with Gasteiger partial charge in [0, 0.05) is 29.7 Å². The topological polar surface area (TPSA) is 28.2 Å². The molecule has 18 heavy (non-hydrogen) atoms. The molecule has 0 aromatic carbocycles. The first-order valence-corrected chi connectivity index (χ1v) is 7.99. The molecule has 1 saturated carbocycles. The largest absolute Gasteiger partial charge is 0.312 e. The van der Waals surface area contributed by atoms with E-state index in [1.165, 1.54) is 37.4 Å². The van der Waals surface area contributed by atoms with Crippen molar-refractivity contribution >= 4 is 11.3 Å². The Morgan fingerprint density at radius 3 is 2.94 bits per heavy atom. The van der Waals surface area contributed by atoms with Gasteiger partial charge in [0.25, 0.3) is 0 Å². The Balaban J connectivity index is 1.66. The first kappa shape index (κ1) is 12.6. The van der Waals surface area contributed by atoms with Crippen LogP contribution in [0.25, 0.3) is 0 Å². The number of thiazole rings is 1. The molecule has 1 aliphatic heterocycles. The Kier molecular flexibility index (Phi) is 3.68. The average Bonchev–Trinajstić information content (AvgIpc) is 3.11. The molecule has 2 fully saturated rings. The molecule has 0 radical (unpaired) electrons. The number of rotatable bonds is 3. The van der Waals surface area contributed by atoms with Crippen molar-refractivity contribution in [3.05, 3.63) is 16.1 Å². The van der Waals surface area contributed by atoms with Gasteiger partial charge in [-0.1, -0.05) is 0 Å². The van der Waals surface area contributed by atoms with Gasteiger partial charge in [-0.3, -0.25) is 4.90 Å². The summed E-state index contributed by atoms with van der Waals surface area (Å²) in [5.74, 6) is 0.941. The minimum Gasteiger partial charge on any atom is -0.312 e. The molecule has 1 N–H and O–H groups in total. The van der Waals surface area contributed by atoms with E-state index in [-0.39, 0.29) is 0 Å². The third-order valence-corrected chi connectivity index (χ3v) is 5.17. The zero-order valence-electron chi connectivity index (χ0n) is 11.4. The van der Waals surface area contributed by atoms with Crippen molar-refractivity contribution < 1.29 is 0 Å². The van der Waals surface area contributed by atoms with Crippen LogP contribution in [0, 0.1) is 12.8 Å². The highest BCUT2D eigenvalue weighted by molar-refractivity contribution is 7.09. The predicted molar refractivity (Wildman–Crippen MR) is 75.9 cm³/mol. The molecule has 2 atom stereocenters. The monoisotopic (exact) mass is 265 g/mol. The van der Waals surface area contributed by atoms with Crippen LogP contribution in [0.3, 0.4) is 0 Å². The van der Waals surface area contributed by atoms with E-state index in [1.54, 1.807) is 11.3 Å². The fraction of sp³-hybridized carbons (Fsp3) is 0.786. The molecule has 0 amide bonds. The number of aryl methyl sites for hydroxylation is 1. The van der Waals surface area contributed by atoms with E-state index in [1.807, 2.05) is 0 Å². The lowest BCUT2D eigenvalue weighted by Gasteiger charge is -2.28. The van der Waals surface area contributed by atoms with Gasteiger partial charge in [0.2, 0.25) is 0 Å². The molecule has 1 aliphatic carbocycles. The molecule has 0 spiro atoms. The lowest BCUT2D eigenvalue weighted by atomic mass is 10.1. The Labute approximate surface area is 114 Å². The summed E-state index contributed by atoms with van der Waals surface area (Å²) in [6.45, 7) is 7.85. The van der Waals surface area contributed by atoms with E-state index in [9.17, 15) is 0 Å². The molecule has 100 valence electrons. The van der Waals surface area contributed by atoms with Gasteiger partial charge >= 0.3 is 0 Å². The summed E-state index contributed by atoms with van der Waals surface area (Å²) in [6.07, 6.45) is 4.11. The van der Waals surface area contributed by atoms with Gasteiger partial charge in [-0.25, -0.2) is 4.98 Å². The first-order chi connectivity index (χ1) is 8.72. The summed E-state index contributed by atoms with van der Waals surface area (Å²) in [6, 6.07) is 1.39. The maximum Gasteiger partial charge on any atom is 0.107 e. The summed E-state index contributed by atoms with van der Waals surface area (Å²) in [5.41, 5.74) is 1.16. The summed E-state index contributed by atoms with van der Waals surface area (Å²) in [4.78, 5) is 7.24. The maximum atomic E-state index is 4.61. The second-order valence-corrected chi connectivity index (χ2v) is 6.79. The number of aromatic nitrogens is 1. The average molecular weight is 265 g/mol. The van der Waals surface area contributed by atoms with Crippen molar-refractivity contribution in [1.29, 1.82) is 0 Å². The van der Waals surface area contributed by atoms with Crippen LogP contribution in [0.1, 0.15) is 36.9 Å². The zero-order chi connectivity index (χ0) is 12.5. The summed E-state index contributed by atoms with van der Waals surface area (Å²) in [7, 11) is 0. The molecule has 3 rings (SSSR count). The fourth-order valence-corrected chi connectivity index (χ4v) is 3.64. The molecule has 2 aliphatic rings. The van der Waals surface area contributed by atoms with Crippen molar-refractivity contribution in [1.82, 2.24) is 15.2 Å². The van der Waals surface area contributed by atoms with Gasteiger partial charge in [-0.15, -0.1) is 11.3 Å². The Bertz CT molecular complexity index is 399. The van der Waals surface area contributed by atoms with Gasteiger partial charge in [-0.2, -0.15) is 0 Å². The normalized spacial score (nSPS) is 30.3. The molecule has 1 saturated heterocycles. The van der Waals surface area contributed by atoms with Crippen molar-refractivity contribution in [3.8, 4) is 0 Å². The lowest BCUT2D eigenvalue weighted by Crippen LogP contribution is -2.40. The van der Waals surface area contributed by atoms with E-state index in [4.69, 9.17) is 0 Å². The highest BCUT2D eigenvalue weighted by Crippen LogP contribution is 2.34. The van der Waals surface area contributed by atoms with E-state index < -0.39 is 0 Å². The lowest BCUT2D eigenvalue weighted by molar-refractivity contribution is 0.190. The highest BCUT2D eigenvalue weighted by atomic mass is 32.1. The van der Waals surface area contributed by atoms with Crippen LogP contribution < -0.4 is 5.32 Å². The summed E-state index contributed by atoms with van der Waals surface area (Å²) in [5, 5.41) is 7.17. The van der Waals surface area contributed by atoms with Crippen LogP contribution in [0.15, 0.2) is 5.38 Å². The molecule has 1 aromatic rings. The van der Waals surface area contributed by atoms with Crippen molar-refractivity contribution in [2.24, 2.45) is 5.92 Å². The minimum atomic E-state index is 0.672. The van der Waals surface area contributed by atoms with Crippen molar-refractivity contribution in [2.45, 2.75) is 51.7 Å². The Hall–Kier alpha value is -0.450. The number of hydrogen-bond donors (Lipinski definition) is 1. The predicted octanol–water partition coefficient (Wildman–Crippen LogP) is 2.41. The quantitative estimate of drug-likeness (QED) is 0.909. The second-order valence-electron chi connectivity index (χ2n) is 5.85. The molecule has 1 aromatic heterocycles. The van der Waals surface area contributed by atoms with Gasteiger partial charge in [-0.05, 0) is 45.6 Å². The third-order valence-electron chi connectivity index (χ3n) is 4.22. The van der Waals surface area contributed by atoms with E-state index >= 15 is 0 Å². The zero-order valence-corrected chi connectivity index (χ0v) is 12.2. The highest BCUT2D eigenvalue weighted by Gasteiger charge is 2.34. The first-order valence-electron chi connectivity index (χ1n) is 7.11. The SMILES string of the molecule is Cc1csc(CN2CC(C3CC3)NCCC2C)n1. The number of nitrogens with zero attached hydrogens (tertiary/aromatic N) is 2. The number of hydrogen-bond acceptors (Lipinski definition) is 4. The van der Waals surface area contributed by atoms with Gasteiger partial charge in [0.1, 0.15) is 5.01 Å². The molecular weight excluding hydrogens is 242 g/mol. The van der Waals surface area contributed by atoms with Crippen LogP contribution in [-0.2, 0) is 6.54 Å². The molecule has 4 heteroatoms. The van der Waals surface area contributed by atoms with Crippen LogP contribution in [0.2, 0.25) is 0 Å². The van der Waals surface area contributed by atoms with Crippen LogP contribution in [0.5, 0.6) is 0 Å². The van der Waals surface area contributed by atoms with Crippen molar-refractivity contribution in [3.63, 3.8) is 0 Å². The Morgan fingerprint density at radius 2 is 2.28 bits per heavy atom. The maximum absolute atomic E-state index is 4.61. The molecule has 2 heterocycles. The second kappa shape index (κ2) is 5.27. The van der Waals surface area contributed by atoms with Crippen LogP contribution >= 0.6 is 11.3 Å². The van der Waals surface area contributed by atoms with Gasteiger partial charge in [0.05, 0.1) is 6.54 Å². The minimum absolute atomic E-state index is 0.672. The van der Waals surface area contributed by atoms with Gasteiger partial charge < -0.3 is 5.32 Å². The van der Waals surface area contributed by atoms with E-state index in [0.717, 1.165) is 24.2 Å². The standard InChI is InChI=1S/C14H23N3S/c1-10-9-18-14(16-10)8-17-7-13(12-3-4-12)15-6-5-11(17)2/h9,11-13,15H,3-8H2,1-2H3. The van der Waals surface area contributed by atoms with Crippen LogP contribution in [-0.4, -0.2) is 35.1 Å². The summed E-state index contributed by atoms with van der Waals surface area (Å²) < 4.78 is 0. The molecule has 3 nitrogen and oxygen atoms in total. The Morgan fingerprint density at radius 1 is 1.44 bits per heavy atom. The van der Waals surface area contributed by atoms with E-state index in [0.29, 0.717) is 6.04 Å². The molecular formula is C14H23N3S. The van der Waals surface area contributed by atoms with Crippen molar-refractivity contribution in [2.75, 3.05) is 13.1 Å². The molecule has 0 bridgehead atoms. The number of nitrogens with one attached hydrogen (secondary N) is 1. The molecule has 2 unspecified atom stereocenters.